The van der Waals surface area contributed by atoms with E-state index in [2.05, 4.69) is 5.32 Å². The molecule has 2 aromatic rings. The maximum atomic E-state index is 13.6. The van der Waals surface area contributed by atoms with Gasteiger partial charge in [-0.05, 0) is 42.2 Å². The van der Waals surface area contributed by atoms with Crippen LogP contribution in [-0.4, -0.2) is 41.2 Å². The van der Waals surface area contributed by atoms with E-state index in [-0.39, 0.29) is 43.8 Å². The second-order valence-electron chi connectivity index (χ2n) is 6.86. The van der Waals surface area contributed by atoms with E-state index in [9.17, 15) is 18.8 Å². The van der Waals surface area contributed by atoms with Crippen molar-refractivity contribution < 1.29 is 33.7 Å². The summed E-state index contributed by atoms with van der Waals surface area (Å²) in [6.45, 7) is 0. The van der Waals surface area contributed by atoms with E-state index in [1.165, 1.54) is 19.2 Å². The predicted octanol–water partition coefficient (Wildman–Crippen LogP) is 3.26. The lowest BCUT2D eigenvalue weighted by Gasteiger charge is -2.17. The summed E-state index contributed by atoms with van der Waals surface area (Å²) >= 11 is 0. The number of methoxy groups -OCH3 is 1. The van der Waals surface area contributed by atoms with Gasteiger partial charge in [0.05, 0.1) is 13.5 Å². The van der Waals surface area contributed by atoms with Crippen LogP contribution in [0.15, 0.2) is 42.5 Å². The predicted molar refractivity (Wildman–Crippen MR) is 108 cm³/mol. The molecule has 30 heavy (non-hydrogen) atoms. The van der Waals surface area contributed by atoms with Crippen molar-refractivity contribution >= 4 is 17.8 Å². The Bertz CT molecular complexity index is 897. The van der Waals surface area contributed by atoms with Crippen LogP contribution in [0.1, 0.15) is 31.2 Å². The van der Waals surface area contributed by atoms with E-state index < -0.39 is 18.0 Å². The molecule has 0 radical (unpaired) electrons. The maximum absolute atomic E-state index is 13.6. The van der Waals surface area contributed by atoms with Crippen molar-refractivity contribution in [1.82, 2.24) is 5.32 Å². The first-order chi connectivity index (χ1) is 14.3. The first-order valence-corrected chi connectivity index (χ1v) is 9.44. The zero-order valence-corrected chi connectivity index (χ0v) is 16.6. The number of benzene rings is 2. The van der Waals surface area contributed by atoms with E-state index in [0.29, 0.717) is 11.3 Å². The lowest BCUT2D eigenvalue weighted by molar-refractivity contribution is -0.138. The molecule has 0 bridgehead atoms. The summed E-state index contributed by atoms with van der Waals surface area (Å²) in [6.07, 6.45) is 0.107. The Hall–Kier alpha value is -3.42. The van der Waals surface area contributed by atoms with Crippen molar-refractivity contribution in [3.63, 3.8) is 0 Å². The van der Waals surface area contributed by atoms with Crippen molar-refractivity contribution in [3.8, 4) is 16.9 Å². The van der Waals surface area contributed by atoms with Crippen molar-refractivity contribution in [2.75, 3.05) is 7.11 Å². The van der Waals surface area contributed by atoms with Gasteiger partial charge in [-0.1, -0.05) is 24.3 Å². The number of nitrogens with one attached hydrogen (secondary N) is 1. The number of rotatable bonds is 11. The summed E-state index contributed by atoms with van der Waals surface area (Å²) in [6, 6.07) is 10.7. The molecule has 0 saturated carbocycles. The third-order valence-corrected chi connectivity index (χ3v) is 4.49. The summed E-state index contributed by atoms with van der Waals surface area (Å²) in [5.41, 5.74) is 2.13. The summed E-state index contributed by atoms with van der Waals surface area (Å²) in [5, 5.41) is 20.4. The Labute approximate surface area is 173 Å². The van der Waals surface area contributed by atoms with Crippen LogP contribution in [0, 0.1) is 5.82 Å². The van der Waals surface area contributed by atoms with Crippen LogP contribution >= 0.6 is 0 Å². The van der Waals surface area contributed by atoms with Gasteiger partial charge < -0.3 is 20.3 Å². The first kappa shape index (κ1) is 22.9. The zero-order chi connectivity index (χ0) is 22.1. The number of ether oxygens (including phenoxy) is 1. The Morgan fingerprint density at radius 2 is 1.73 bits per heavy atom. The molecule has 1 atom stereocenters. The second-order valence-corrected chi connectivity index (χ2v) is 6.86. The molecule has 0 fully saturated rings. The minimum absolute atomic E-state index is 0.0146. The zero-order valence-electron chi connectivity index (χ0n) is 16.6. The first-order valence-electron chi connectivity index (χ1n) is 9.44. The minimum Gasteiger partial charge on any atom is -0.496 e. The van der Waals surface area contributed by atoms with Crippen LogP contribution in [0.4, 0.5) is 4.39 Å². The summed E-state index contributed by atoms with van der Waals surface area (Å²) in [5.74, 6) is -2.28. The molecule has 160 valence electrons. The van der Waals surface area contributed by atoms with Crippen molar-refractivity contribution in [2.24, 2.45) is 0 Å². The molecule has 2 aromatic carbocycles. The smallest absolute Gasteiger partial charge is 0.305 e. The summed E-state index contributed by atoms with van der Waals surface area (Å²) < 4.78 is 18.9. The molecule has 0 spiro atoms. The molecule has 2 rings (SSSR count). The number of hydrogen-bond donors (Lipinski definition) is 3. The molecule has 0 aliphatic heterocycles. The van der Waals surface area contributed by atoms with Gasteiger partial charge in [0.15, 0.2) is 0 Å². The molecule has 1 unspecified atom stereocenters. The van der Waals surface area contributed by atoms with Gasteiger partial charge in [-0.3, -0.25) is 14.4 Å². The summed E-state index contributed by atoms with van der Waals surface area (Å²) in [7, 11) is 1.50. The lowest BCUT2D eigenvalue weighted by atomic mass is 9.98. The van der Waals surface area contributed by atoms with Crippen LogP contribution in [0.3, 0.4) is 0 Å². The second kappa shape index (κ2) is 10.9. The number of halogens is 1. The van der Waals surface area contributed by atoms with Crippen LogP contribution in [0.2, 0.25) is 0 Å². The van der Waals surface area contributed by atoms with Crippen molar-refractivity contribution in [1.29, 1.82) is 0 Å². The van der Waals surface area contributed by atoms with Gasteiger partial charge in [-0.15, -0.1) is 0 Å². The monoisotopic (exact) mass is 417 g/mol. The average molecular weight is 417 g/mol. The van der Waals surface area contributed by atoms with E-state index in [1.807, 2.05) is 0 Å². The SMILES string of the molecule is COc1ccc(F)cc1-c1ccc(CC(CC(=O)O)NC(=O)CCCC(=O)O)cc1. The van der Waals surface area contributed by atoms with E-state index >= 15 is 0 Å². The Morgan fingerprint density at radius 1 is 1.03 bits per heavy atom. The lowest BCUT2D eigenvalue weighted by Crippen LogP contribution is -2.38. The third-order valence-electron chi connectivity index (χ3n) is 4.49. The third kappa shape index (κ3) is 7.20. The van der Waals surface area contributed by atoms with Gasteiger partial charge in [0, 0.05) is 24.4 Å². The molecule has 7 nitrogen and oxygen atoms in total. The summed E-state index contributed by atoms with van der Waals surface area (Å²) in [4.78, 5) is 33.7. The Kier molecular flexibility index (Phi) is 8.34. The number of carboxylic acid groups (broad SMARTS) is 2. The minimum atomic E-state index is -1.05. The molecule has 0 heterocycles. The van der Waals surface area contributed by atoms with Crippen LogP contribution in [-0.2, 0) is 20.8 Å². The van der Waals surface area contributed by atoms with Crippen LogP contribution in [0.5, 0.6) is 5.75 Å². The standard InChI is InChI=1S/C22H24FNO6/c1-30-19-10-9-16(23)12-18(19)15-7-5-14(6-8-15)11-17(13-22(28)29)24-20(25)3-2-4-21(26)27/h5-10,12,17H,2-4,11,13H2,1H3,(H,24,25)(H,26,27)(H,28,29). The van der Waals surface area contributed by atoms with Crippen LogP contribution in [0.25, 0.3) is 11.1 Å². The topological polar surface area (TPSA) is 113 Å². The Morgan fingerprint density at radius 3 is 2.33 bits per heavy atom. The quantitative estimate of drug-likeness (QED) is 0.517. The van der Waals surface area contributed by atoms with Crippen molar-refractivity contribution in [3.05, 3.63) is 53.8 Å². The fraction of sp³-hybridized carbons (Fsp3) is 0.318. The highest BCUT2D eigenvalue weighted by atomic mass is 19.1. The average Bonchev–Trinajstić information content (AvgIpc) is 2.67. The number of carboxylic acids is 2. The van der Waals surface area contributed by atoms with E-state index in [0.717, 1.165) is 11.1 Å². The molecule has 0 saturated heterocycles. The highest BCUT2D eigenvalue weighted by Gasteiger charge is 2.17. The van der Waals surface area contributed by atoms with E-state index in [1.54, 1.807) is 30.3 Å². The van der Waals surface area contributed by atoms with Gasteiger partial charge in [0.2, 0.25) is 5.91 Å². The highest BCUT2D eigenvalue weighted by molar-refractivity contribution is 5.78. The van der Waals surface area contributed by atoms with Gasteiger partial charge in [0.1, 0.15) is 11.6 Å². The Balaban J connectivity index is 2.07. The highest BCUT2D eigenvalue weighted by Crippen LogP contribution is 2.30. The molecule has 8 heteroatoms. The van der Waals surface area contributed by atoms with Gasteiger partial charge in [-0.2, -0.15) is 0 Å². The number of hydrogen-bond acceptors (Lipinski definition) is 4. The van der Waals surface area contributed by atoms with Gasteiger partial charge in [0.25, 0.3) is 0 Å². The fourth-order valence-corrected chi connectivity index (χ4v) is 3.10. The number of aliphatic carboxylic acids is 2. The molecular weight excluding hydrogens is 393 g/mol. The molecular formula is C22H24FNO6. The number of amides is 1. The number of carbonyl (C=O) groups is 3. The van der Waals surface area contributed by atoms with Crippen molar-refractivity contribution in [2.45, 2.75) is 38.1 Å². The molecule has 3 N–H and O–H groups in total. The molecule has 0 aliphatic carbocycles. The van der Waals surface area contributed by atoms with Gasteiger partial charge >= 0.3 is 11.9 Å². The maximum Gasteiger partial charge on any atom is 0.305 e. The molecule has 0 aliphatic rings. The van der Waals surface area contributed by atoms with E-state index in [4.69, 9.17) is 14.9 Å². The van der Waals surface area contributed by atoms with Gasteiger partial charge in [-0.25, -0.2) is 4.39 Å². The largest absolute Gasteiger partial charge is 0.496 e. The normalized spacial score (nSPS) is 11.5. The molecule has 0 aromatic heterocycles. The number of carbonyl (C=O) groups excluding carboxylic acids is 1. The fourth-order valence-electron chi connectivity index (χ4n) is 3.10. The molecule has 1 amide bonds. The van der Waals surface area contributed by atoms with Crippen LogP contribution < -0.4 is 10.1 Å².